The molecule has 1 fully saturated rings. The summed E-state index contributed by atoms with van der Waals surface area (Å²) in [6.45, 7) is 5.91. The average Bonchev–Trinajstić information content (AvgIpc) is 3.02. The number of halogens is 1. The standard InChI is InChI=1S/C19H22ClN5O5/c1-12-15(13(2)30-22-12)10-19(27)24-7-5-23(6-8-24)11-18(26)21-17-4-3-14(25(28)29)9-16(17)20/h3-4,9H,5-8,10-11H2,1-2H3,(H,21,26). The molecule has 11 heteroatoms. The first kappa shape index (κ1) is 21.7. The van der Waals surface area contributed by atoms with Gasteiger partial charge in [0.25, 0.3) is 5.69 Å². The lowest BCUT2D eigenvalue weighted by Gasteiger charge is -2.34. The van der Waals surface area contributed by atoms with Crippen molar-refractivity contribution in [3.8, 4) is 0 Å². The number of nitro groups is 1. The molecule has 0 unspecified atom stereocenters. The van der Waals surface area contributed by atoms with Crippen LogP contribution in [0.1, 0.15) is 17.0 Å². The number of carbonyl (C=O) groups is 2. The molecule has 2 aromatic rings. The fraction of sp³-hybridized carbons (Fsp3) is 0.421. The highest BCUT2D eigenvalue weighted by Crippen LogP contribution is 2.26. The SMILES string of the molecule is Cc1noc(C)c1CC(=O)N1CCN(CC(=O)Nc2ccc([N+](=O)[O-])cc2Cl)CC1. The molecule has 1 aromatic heterocycles. The van der Waals surface area contributed by atoms with Gasteiger partial charge in [-0.3, -0.25) is 24.6 Å². The number of nitrogens with zero attached hydrogens (tertiary/aromatic N) is 4. The smallest absolute Gasteiger partial charge is 0.271 e. The van der Waals surface area contributed by atoms with Gasteiger partial charge >= 0.3 is 0 Å². The summed E-state index contributed by atoms with van der Waals surface area (Å²) in [4.78, 5) is 38.8. The van der Waals surface area contributed by atoms with Crippen molar-refractivity contribution in [1.82, 2.24) is 15.0 Å². The van der Waals surface area contributed by atoms with Gasteiger partial charge in [0.15, 0.2) is 0 Å². The highest BCUT2D eigenvalue weighted by atomic mass is 35.5. The van der Waals surface area contributed by atoms with Crippen LogP contribution in [0.25, 0.3) is 0 Å². The Morgan fingerprint density at radius 2 is 1.97 bits per heavy atom. The summed E-state index contributed by atoms with van der Waals surface area (Å²) in [5, 5.41) is 17.4. The molecule has 1 saturated heterocycles. The van der Waals surface area contributed by atoms with Crippen LogP contribution in [0.15, 0.2) is 22.7 Å². The molecule has 2 amide bonds. The maximum Gasteiger partial charge on any atom is 0.271 e. The van der Waals surface area contributed by atoms with Crippen molar-refractivity contribution >= 4 is 34.8 Å². The van der Waals surface area contributed by atoms with Gasteiger partial charge in [-0.1, -0.05) is 16.8 Å². The van der Waals surface area contributed by atoms with Crippen molar-refractivity contribution in [2.75, 3.05) is 38.0 Å². The van der Waals surface area contributed by atoms with Crippen molar-refractivity contribution in [3.05, 3.63) is 50.4 Å². The van der Waals surface area contributed by atoms with E-state index in [9.17, 15) is 19.7 Å². The molecule has 0 bridgehead atoms. The van der Waals surface area contributed by atoms with Crippen molar-refractivity contribution in [1.29, 1.82) is 0 Å². The molecule has 0 saturated carbocycles. The lowest BCUT2D eigenvalue weighted by molar-refractivity contribution is -0.384. The van der Waals surface area contributed by atoms with Gasteiger partial charge in [-0.05, 0) is 19.9 Å². The molecule has 10 nitrogen and oxygen atoms in total. The minimum Gasteiger partial charge on any atom is -0.361 e. The first-order valence-electron chi connectivity index (χ1n) is 9.40. The van der Waals surface area contributed by atoms with Crippen molar-refractivity contribution in [2.24, 2.45) is 0 Å². The number of benzene rings is 1. The number of aromatic nitrogens is 1. The molecule has 3 rings (SSSR count). The summed E-state index contributed by atoms with van der Waals surface area (Å²) >= 11 is 6.01. The number of nitro benzene ring substituents is 1. The number of piperazine rings is 1. The van der Waals surface area contributed by atoms with E-state index in [1.54, 1.807) is 11.8 Å². The highest BCUT2D eigenvalue weighted by molar-refractivity contribution is 6.34. The Morgan fingerprint density at radius 3 is 2.53 bits per heavy atom. The molecule has 1 N–H and O–H groups in total. The second kappa shape index (κ2) is 9.23. The number of anilines is 1. The molecule has 1 aliphatic heterocycles. The Bertz CT molecular complexity index is 949. The van der Waals surface area contributed by atoms with Crippen LogP contribution in [0.5, 0.6) is 0 Å². The molecule has 2 heterocycles. The van der Waals surface area contributed by atoms with E-state index in [0.29, 0.717) is 37.6 Å². The fourth-order valence-corrected chi connectivity index (χ4v) is 3.51. The average molecular weight is 436 g/mol. The first-order valence-corrected chi connectivity index (χ1v) is 9.78. The van der Waals surface area contributed by atoms with Crippen LogP contribution in [-0.2, 0) is 16.0 Å². The van der Waals surface area contributed by atoms with Gasteiger partial charge in [0.1, 0.15) is 5.76 Å². The number of hydrogen-bond acceptors (Lipinski definition) is 7. The number of rotatable bonds is 6. The zero-order chi connectivity index (χ0) is 21.8. The second-order valence-corrected chi connectivity index (χ2v) is 7.51. The molecule has 30 heavy (non-hydrogen) atoms. The molecule has 0 aliphatic carbocycles. The van der Waals surface area contributed by atoms with Gasteiger partial charge in [-0.2, -0.15) is 0 Å². The van der Waals surface area contributed by atoms with E-state index in [-0.39, 0.29) is 35.5 Å². The third-order valence-corrected chi connectivity index (χ3v) is 5.35. The van der Waals surface area contributed by atoms with Crippen LogP contribution in [-0.4, -0.2) is 64.4 Å². The monoisotopic (exact) mass is 435 g/mol. The van der Waals surface area contributed by atoms with Crippen LogP contribution >= 0.6 is 11.6 Å². The Hall–Kier alpha value is -2.98. The Balaban J connectivity index is 1.48. The predicted octanol–water partition coefficient (Wildman–Crippen LogP) is 2.18. The van der Waals surface area contributed by atoms with Crippen molar-refractivity contribution in [3.63, 3.8) is 0 Å². The minimum absolute atomic E-state index is 0.00571. The predicted molar refractivity (Wildman–Crippen MR) is 109 cm³/mol. The Kier molecular flexibility index (Phi) is 6.68. The van der Waals surface area contributed by atoms with Crippen LogP contribution in [0, 0.1) is 24.0 Å². The van der Waals surface area contributed by atoms with Gasteiger partial charge in [0.05, 0.1) is 34.3 Å². The largest absolute Gasteiger partial charge is 0.361 e. The van der Waals surface area contributed by atoms with Crippen LogP contribution in [0.4, 0.5) is 11.4 Å². The van der Waals surface area contributed by atoms with Crippen LogP contribution in [0.2, 0.25) is 5.02 Å². The van der Waals surface area contributed by atoms with Gasteiger partial charge < -0.3 is 14.7 Å². The van der Waals surface area contributed by atoms with Crippen molar-refractivity contribution in [2.45, 2.75) is 20.3 Å². The van der Waals surface area contributed by atoms with Crippen LogP contribution < -0.4 is 5.32 Å². The number of nitrogens with one attached hydrogen (secondary N) is 1. The molecule has 1 aliphatic rings. The van der Waals surface area contributed by atoms with E-state index in [2.05, 4.69) is 10.5 Å². The highest BCUT2D eigenvalue weighted by Gasteiger charge is 2.24. The molecule has 160 valence electrons. The third kappa shape index (κ3) is 5.14. The fourth-order valence-electron chi connectivity index (χ4n) is 3.28. The summed E-state index contributed by atoms with van der Waals surface area (Å²) < 4.78 is 5.10. The molecular weight excluding hydrogens is 414 g/mol. The molecule has 0 radical (unpaired) electrons. The number of amides is 2. The van der Waals surface area contributed by atoms with Gasteiger partial charge in [-0.15, -0.1) is 0 Å². The lowest BCUT2D eigenvalue weighted by atomic mass is 10.1. The zero-order valence-electron chi connectivity index (χ0n) is 16.7. The third-order valence-electron chi connectivity index (χ3n) is 5.04. The van der Waals surface area contributed by atoms with Gasteiger partial charge in [0, 0.05) is 43.9 Å². The zero-order valence-corrected chi connectivity index (χ0v) is 17.4. The van der Waals surface area contributed by atoms with E-state index in [1.165, 1.54) is 18.2 Å². The van der Waals surface area contributed by atoms with E-state index in [0.717, 1.165) is 11.3 Å². The van der Waals surface area contributed by atoms with Gasteiger partial charge in [-0.25, -0.2) is 0 Å². The molecule has 0 atom stereocenters. The van der Waals surface area contributed by atoms with E-state index in [4.69, 9.17) is 16.1 Å². The Labute approximate surface area is 177 Å². The van der Waals surface area contributed by atoms with Crippen molar-refractivity contribution < 1.29 is 19.0 Å². The van der Waals surface area contributed by atoms with E-state index in [1.807, 2.05) is 11.8 Å². The Morgan fingerprint density at radius 1 is 1.27 bits per heavy atom. The number of non-ortho nitro benzene ring substituents is 1. The maximum atomic E-state index is 12.5. The first-order chi connectivity index (χ1) is 14.2. The molecular formula is C19H22ClN5O5. The topological polar surface area (TPSA) is 122 Å². The minimum atomic E-state index is -0.552. The van der Waals surface area contributed by atoms with Crippen LogP contribution in [0.3, 0.4) is 0 Å². The summed E-state index contributed by atoms with van der Waals surface area (Å²) in [6.07, 6.45) is 0.250. The normalized spacial score (nSPS) is 14.6. The molecule has 0 spiro atoms. The molecule has 1 aromatic carbocycles. The van der Waals surface area contributed by atoms with E-state index < -0.39 is 4.92 Å². The van der Waals surface area contributed by atoms with Gasteiger partial charge in [0.2, 0.25) is 11.8 Å². The van der Waals surface area contributed by atoms with E-state index >= 15 is 0 Å². The summed E-state index contributed by atoms with van der Waals surface area (Å²) in [5.41, 5.74) is 1.72. The quantitative estimate of drug-likeness (QED) is 0.545. The summed E-state index contributed by atoms with van der Waals surface area (Å²) in [6, 6.07) is 3.88. The second-order valence-electron chi connectivity index (χ2n) is 7.11. The number of hydrogen-bond donors (Lipinski definition) is 1. The maximum absolute atomic E-state index is 12.5. The number of carbonyl (C=O) groups excluding carboxylic acids is 2. The summed E-state index contributed by atoms with van der Waals surface area (Å²) in [7, 11) is 0. The number of aryl methyl sites for hydroxylation is 2. The summed E-state index contributed by atoms with van der Waals surface area (Å²) in [5.74, 6) is 0.383. The lowest BCUT2D eigenvalue weighted by Crippen LogP contribution is -2.50.